The number of nitrogens with one attached hydrogen (secondary N) is 1. The Morgan fingerprint density at radius 2 is 1.04 bits per heavy atom. The summed E-state index contributed by atoms with van der Waals surface area (Å²) in [7, 11) is 0. The Balaban J connectivity index is 3.52. The van der Waals surface area contributed by atoms with Gasteiger partial charge in [-0.25, -0.2) is 0 Å². The van der Waals surface area contributed by atoms with Crippen LogP contribution < -0.4 is 5.32 Å². The van der Waals surface area contributed by atoms with Crippen LogP contribution in [-0.4, -0.2) is 47.4 Å². The second-order valence-electron chi connectivity index (χ2n) is 14.7. The molecule has 0 aromatic carbocycles. The molecule has 0 aromatic rings. The molecule has 0 saturated heterocycles. The summed E-state index contributed by atoms with van der Waals surface area (Å²) in [4.78, 5) is 24.3. The lowest BCUT2D eigenvalue weighted by atomic mass is 10.0. The number of allylic oxidation sites excluding steroid dienone is 4. The monoisotopic (exact) mass is 706 g/mol. The van der Waals surface area contributed by atoms with Crippen molar-refractivity contribution in [3.05, 3.63) is 24.3 Å². The van der Waals surface area contributed by atoms with Crippen molar-refractivity contribution in [2.45, 2.75) is 231 Å². The normalized spacial score (nSPS) is 13.0. The summed E-state index contributed by atoms with van der Waals surface area (Å²) in [5, 5.41) is 23.0. The van der Waals surface area contributed by atoms with Crippen molar-refractivity contribution in [2.75, 3.05) is 13.2 Å². The predicted octanol–water partition coefficient (Wildman–Crippen LogP) is 12.0. The van der Waals surface area contributed by atoms with Crippen molar-refractivity contribution in [1.29, 1.82) is 0 Å². The van der Waals surface area contributed by atoms with E-state index in [-0.39, 0.29) is 18.5 Å². The lowest BCUT2D eigenvalue weighted by Gasteiger charge is -2.22. The van der Waals surface area contributed by atoms with Crippen LogP contribution >= 0.6 is 0 Å². The van der Waals surface area contributed by atoms with Crippen LogP contribution in [0.15, 0.2) is 24.3 Å². The number of aliphatic hydroxyl groups is 2. The maximum absolute atomic E-state index is 12.4. The van der Waals surface area contributed by atoms with Crippen LogP contribution in [0.25, 0.3) is 0 Å². The molecule has 3 N–H and O–H groups in total. The van der Waals surface area contributed by atoms with Crippen LogP contribution in [0.3, 0.4) is 0 Å². The third-order valence-corrected chi connectivity index (χ3v) is 9.73. The van der Waals surface area contributed by atoms with Crippen molar-refractivity contribution < 1.29 is 24.5 Å². The summed E-state index contributed by atoms with van der Waals surface area (Å²) in [6.45, 7) is 4.79. The van der Waals surface area contributed by atoms with Crippen molar-refractivity contribution in [1.82, 2.24) is 5.32 Å². The highest BCUT2D eigenvalue weighted by molar-refractivity contribution is 5.76. The maximum atomic E-state index is 12.4. The van der Waals surface area contributed by atoms with Gasteiger partial charge in [-0.3, -0.25) is 9.59 Å². The minimum absolute atomic E-state index is 0.0413. The predicted molar refractivity (Wildman–Crippen MR) is 213 cm³/mol. The highest BCUT2D eigenvalue weighted by Crippen LogP contribution is 2.15. The first-order chi connectivity index (χ1) is 24.5. The smallest absolute Gasteiger partial charge is 0.305 e. The van der Waals surface area contributed by atoms with Crippen LogP contribution in [0.1, 0.15) is 219 Å². The molecule has 2 unspecified atom stereocenters. The molecular formula is C44H83NO5. The fraction of sp³-hybridized carbons (Fsp3) is 0.864. The zero-order valence-corrected chi connectivity index (χ0v) is 33.1. The molecule has 0 bridgehead atoms. The zero-order valence-electron chi connectivity index (χ0n) is 33.1. The Bertz CT molecular complexity index is 782. The van der Waals surface area contributed by atoms with Crippen molar-refractivity contribution in [3.8, 4) is 0 Å². The molecule has 0 spiro atoms. The Hall–Kier alpha value is -1.66. The molecule has 0 saturated carbocycles. The van der Waals surface area contributed by atoms with Crippen LogP contribution in [0, 0.1) is 0 Å². The van der Waals surface area contributed by atoms with Gasteiger partial charge in [0.05, 0.1) is 25.4 Å². The number of carbonyl (C=O) groups is 2. The molecule has 6 heteroatoms. The summed E-state index contributed by atoms with van der Waals surface area (Å²) in [6.07, 6.45) is 44.1. The average Bonchev–Trinajstić information content (AvgIpc) is 3.11. The molecule has 0 rings (SSSR count). The summed E-state index contributed by atoms with van der Waals surface area (Å²) >= 11 is 0. The average molecular weight is 706 g/mol. The first kappa shape index (κ1) is 48.3. The topological polar surface area (TPSA) is 95.9 Å². The summed E-state index contributed by atoms with van der Waals surface area (Å²) < 4.78 is 5.42. The van der Waals surface area contributed by atoms with Gasteiger partial charge >= 0.3 is 5.97 Å². The molecule has 0 aliphatic heterocycles. The maximum Gasteiger partial charge on any atom is 0.305 e. The van der Waals surface area contributed by atoms with E-state index in [0.29, 0.717) is 25.9 Å². The van der Waals surface area contributed by atoms with Gasteiger partial charge in [-0.1, -0.05) is 179 Å². The van der Waals surface area contributed by atoms with Gasteiger partial charge in [-0.2, -0.15) is 0 Å². The Morgan fingerprint density at radius 3 is 1.60 bits per heavy atom. The fourth-order valence-electron chi connectivity index (χ4n) is 6.38. The second-order valence-corrected chi connectivity index (χ2v) is 14.7. The zero-order chi connectivity index (χ0) is 36.6. The number of ether oxygens (including phenoxy) is 1. The molecule has 0 aliphatic carbocycles. The number of aliphatic hydroxyl groups excluding tert-OH is 2. The molecule has 294 valence electrons. The van der Waals surface area contributed by atoms with Crippen molar-refractivity contribution in [2.24, 2.45) is 0 Å². The van der Waals surface area contributed by atoms with Gasteiger partial charge in [-0.15, -0.1) is 0 Å². The Morgan fingerprint density at radius 1 is 0.560 bits per heavy atom. The molecule has 50 heavy (non-hydrogen) atoms. The van der Waals surface area contributed by atoms with Crippen LogP contribution in [0.2, 0.25) is 0 Å². The number of unbranched alkanes of at least 4 members (excludes halogenated alkanes) is 24. The van der Waals surface area contributed by atoms with Gasteiger partial charge in [0.2, 0.25) is 5.91 Å². The summed E-state index contributed by atoms with van der Waals surface area (Å²) in [5.41, 5.74) is 0. The first-order valence-electron chi connectivity index (χ1n) is 21.6. The van der Waals surface area contributed by atoms with Crippen LogP contribution in [-0.2, 0) is 14.3 Å². The Kier molecular flexibility index (Phi) is 38.8. The molecule has 0 heterocycles. The third-order valence-electron chi connectivity index (χ3n) is 9.73. The van der Waals surface area contributed by atoms with E-state index in [2.05, 4.69) is 43.5 Å². The summed E-state index contributed by atoms with van der Waals surface area (Å²) in [6, 6.07) is -0.560. The first-order valence-corrected chi connectivity index (χ1v) is 21.6. The van der Waals surface area contributed by atoms with Crippen LogP contribution in [0.4, 0.5) is 0 Å². The number of hydrogen-bond donors (Lipinski definition) is 3. The van der Waals surface area contributed by atoms with E-state index < -0.39 is 12.1 Å². The minimum atomic E-state index is -0.680. The molecule has 0 aliphatic rings. The largest absolute Gasteiger partial charge is 0.466 e. The molecule has 2 atom stereocenters. The van der Waals surface area contributed by atoms with Gasteiger partial charge in [0.15, 0.2) is 0 Å². The molecule has 6 nitrogen and oxygen atoms in total. The minimum Gasteiger partial charge on any atom is -0.466 e. The SMILES string of the molecule is CCC/C=C\C/C=C\CCCCCCCC(=O)OCCCCCCCCCCCC(=O)NC(CO)C(O)CCCCCCCCCCCCC. The van der Waals surface area contributed by atoms with E-state index in [0.717, 1.165) is 70.6 Å². The highest BCUT2D eigenvalue weighted by Gasteiger charge is 2.20. The Labute approximate surface area is 310 Å². The van der Waals surface area contributed by atoms with E-state index in [1.807, 2.05) is 0 Å². The van der Waals surface area contributed by atoms with Gasteiger partial charge in [0.1, 0.15) is 0 Å². The molecule has 0 radical (unpaired) electrons. The summed E-state index contributed by atoms with van der Waals surface area (Å²) in [5.74, 6) is -0.108. The van der Waals surface area contributed by atoms with E-state index in [1.165, 1.54) is 116 Å². The van der Waals surface area contributed by atoms with E-state index in [1.54, 1.807) is 0 Å². The molecule has 0 fully saturated rings. The van der Waals surface area contributed by atoms with Gasteiger partial charge < -0.3 is 20.3 Å². The third kappa shape index (κ3) is 36.1. The van der Waals surface area contributed by atoms with Gasteiger partial charge in [0, 0.05) is 12.8 Å². The number of carbonyl (C=O) groups excluding carboxylic acids is 2. The van der Waals surface area contributed by atoms with Crippen molar-refractivity contribution in [3.63, 3.8) is 0 Å². The fourth-order valence-corrected chi connectivity index (χ4v) is 6.38. The standard InChI is InChI=1S/C44H83NO5/c1-3-5-7-9-11-13-15-16-18-22-26-30-34-38-44(49)50-39-35-31-27-23-19-21-25-29-33-37-43(48)45-41(40-46)42(47)36-32-28-24-20-17-14-12-10-8-6-4-2/h7,9,13,15,41-42,46-47H,3-6,8,10-12,14,16-40H2,1-2H3,(H,45,48)/b9-7-,15-13-. The molecular weight excluding hydrogens is 622 g/mol. The van der Waals surface area contributed by atoms with E-state index in [4.69, 9.17) is 4.74 Å². The molecule has 0 aromatic heterocycles. The second kappa shape index (κ2) is 40.1. The number of rotatable bonds is 39. The number of amides is 1. The number of esters is 1. The number of hydrogen-bond acceptors (Lipinski definition) is 5. The highest BCUT2D eigenvalue weighted by atomic mass is 16.5. The quantitative estimate of drug-likeness (QED) is 0.0336. The molecule has 1 amide bonds. The van der Waals surface area contributed by atoms with Gasteiger partial charge in [0.25, 0.3) is 0 Å². The van der Waals surface area contributed by atoms with E-state index >= 15 is 0 Å². The lowest BCUT2D eigenvalue weighted by molar-refractivity contribution is -0.143. The van der Waals surface area contributed by atoms with Crippen molar-refractivity contribution >= 4 is 11.9 Å². The van der Waals surface area contributed by atoms with Crippen LogP contribution in [0.5, 0.6) is 0 Å². The van der Waals surface area contributed by atoms with Gasteiger partial charge in [-0.05, 0) is 51.4 Å². The van der Waals surface area contributed by atoms with E-state index in [9.17, 15) is 19.8 Å². The lowest BCUT2D eigenvalue weighted by Crippen LogP contribution is -2.45.